The number of para-hydroxylation sites is 1. The van der Waals surface area contributed by atoms with E-state index < -0.39 is 5.97 Å². The predicted molar refractivity (Wildman–Crippen MR) is 98.2 cm³/mol. The Morgan fingerprint density at radius 1 is 1.24 bits per heavy atom. The fraction of sp³-hybridized carbons (Fsp3) is 0.350. The summed E-state index contributed by atoms with van der Waals surface area (Å²) in [6.45, 7) is 1.38. The van der Waals surface area contributed by atoms with E-state index in [0.717, 1.165) is 36.3 Å². The van der Waals surface area contributed by atoms with Crippen LogP contribution in [0.1, 0.15) is 30.0 Å². The lowest BCUT2D eigenvalue weighted by Crippen LogP contribution is -2.41. The van der Waals surface area contributed by atoms with E-state index in [-0.39, 0.29) is 12.0 Å². The highest BCUT2D eigenvalue weighted by molar-refractivity contribution is 6.30. The number of benzene rings is 2. The summed E-state index contributed by atoms with van der Waals surface area (Å²) < 4.78 is 5.57. The van der Waals surface area contributed by atoms with Gasteiger partial charge in [-0.1, -0.05) is 41.9 Å². The van der Waals surface area contributed by atoms with Gasteiger partial charge in [-0.25, -0.2) is 0 Å². The third-order valence-electron chi connectivity index (χ3n) is 4.79. The number of aliphatic carboxylic acids is 1. The van der Waals surface area contributed by atoms with Gasteiger partial charge in [0.25, 0.3) is 0 Å². The summed E-state index contributed by atoms with van der Waals surface area (Å²) in [7, 11) is 1.66. The van der Waals surface area contributed by atoms with Gasteiger partial charge in [0.05, 0.1) is 19.1 Å². The fourth-order valence-corrected chi connectivity index (χ4v) is 3.69. The van der Waals surface area contributed by atoms with E-state index in [1.54, 1.807) is 7.11 Å². The minimum atomic E-state index is -0.723. The third-order valence-corrected chi connectivity index (χ3v) is 5.04. The Balaban J connectivity index is 2.02. The van der Waals surface area contributed by atoms with Crippen molar-refractivity contribution < 1.29 is 14.6 Å². The number of carbonyl (C=O) groups is 1. The Bertz CT molecular complexity index is 732. The molecule has 2 unspecified atom stereocenters. The molecule has 1 saturated heterocycles. The number of hydrogen-bond donors (Lipinski definition) is 1. The molecule has 0 radical (unpaired) electrons. The van der Waals surface area contributed by atoms with Gasteiger partial charge >= 0.3 is 5.97 Å². The van der Waals surface area contributed by atoms with Crippen LogP contribution in [0, 0.1) is 5.92 Å². The summed E-state index contributed by atoms with van der Waals surface area (Å²) in [6.07, 6.45) is 1.60. The van der Waals surface area contributed by atoms with Crippen LogP contribution in [0.2, 0.25) is 5.02 Å². The number of carboxylic acids is 1. The van der Waals surface area contributed by atoms with Crippen LogP contribution >= 0.6 is 11.6 Å². The van der Waals surface area contributed by atoms with Gasteiger partial charge in [-0.3, -0.25) is 9.69 Å². The molecule has 0 amide bonds. The molecule has 0 aromatic heterocycles. The van der Waals surface area contributed by atoms with Crippen LogP contribution in [0.4, 0.5) is 0 Å². The number of piperidine rings is 1. The topological polar surface area (TPSA) is 49.8 Å². The van der Waals surface area contributed by atoms with Crippen molar-refractivity contribution >= 4 is 17.6 Å². The Hall–Kier alpha value is -2.04. The van der Waals surface area contributed by atoms with Crippen molar-refractivity contribution in [1.29, 1.82) is 0 Å². The molecule has 2 aromatic carbocycles. The molecule has 2 atom stereocenters. The second-order valence-corrected chi connectivity index (χ2v) is 6.80. The molecule has 1 N–H and O–H groups in total. The van der Waals surface area contributed by atoms with Gasteiger partial charge in [0.15, 0.2) is 0 Å². The molecule has 0 aliphatic carbocycles. The van der Waals surface area contributed by atoms with Gasteiger partial charge in [-0.15, -0.1) is 0 Å². The molecular formula is C20H22ClNO3. The molecule has 0 saturated carbocycles. The zero-order chi connectivity index (χ0) is 17.8. The molecule has 1 aliphatic rings. The highest BCUT2D eigenvalue weighted by Crippen LogP contribution is 2.37. The summed E-state index contributed by atoms with van der Waals surface area (Å²) >= 11 is 6.06. The Kier molecular flexibility index (Phi) is 5.61. The Labute approximate surface area is 153 Å². The van der Waals surface area contributed by atoms with Gasteiger partial charge in [-0.2, -0.15) is 0 Å². The number of nitrogens with zero attached hydrogens (tertiary/aromatic N) is 1. The molecule has 1 heterocycles. The first-order valence-electron chi connectivity index (χ1n) is 8.45. The van der Waals surface area contributed by atoms with Crippen LogP contribution in [0.3, 0.4) is 0 Å². The van der Waals surface area contributed by atoms with E-state index >= 15 is 0 Å². The summed E-state index contributed by atoms with van der Waals surface area (Å²) in [5.74, 6) is -0.252. The van der Waals surface area contributed by atoms with Gasteiger partial charge in [0.2, 0.25) is 0 Å². The zero-order valence-electron chi connectivity index (χ0n) is 14.2. The lowest BCUT2D eigenvalue weighted by molar-refractivity contribution is -0.143. The number of ether oxygens (including phenoxy) is 1. The van der Waals surface area contributed by atoms with Crippen LogP contribution in [0.25, 0.3) is 0 Å². The van der Waals surface area contributed by atoms with Crippen LogP contribution in [-0.4, -0.2) is 36.2 Å². The summed E-state index contributed by atoms with van der Waals surface area (Å²) in [5.41, 5.74) is 2.12. The molecule has 132 valence electrons. The van der Waals surface area contributed by atoms with Crippen molar-refractivity contribution in [1.82, 2.24) is 4.90 Å². The lowest BCUT2D eigenvalue weighted by atomic mass is 9.91. The quantitative estimate of drug-likeness (QED) is 0.867. The molecule has 25 heavy (non-hydrogen) atoms. The average molecular weight is 360 g/mol. The van der Waals surface area contributed by atoms with E-state index in [0.29, 0.717) is 11.6 Å². The third kappa shape index (κ3) is 3.97. The minimum absolute atomic E-state index is 0.0597. The summed E-state index contributed by atoms with van der Waals surface area (Å²) in [5, 5.41) is 10.1. The smallest absolute Gasteiger partial charge is 0.307 e. The van der Waals surface area contributed by atoms with Crippen molar-refractivity contribution in [2.45, 2.75) is 18.9 Å². The molecule has 5 heteroatoms. The maximum Gasteiger partial charge on any atom is 0.307 e. The molecule has 0 spiro atoms. The first kappa shape index (κ1) is 17.8. The zero-order valence-corrected chi connectivity index (χ0v) is 14.9. The van der Waals surface area contributed by atoms with E-state index in [1.807, 2.05) is 48.5 Å². The molecule has 4 nitrogen and oxygen atoms in total. The van der Waals surface area contributed by atoms with E-state index in [2.05, 4.69) is 4.90 Å². The second kappa shape index (κ2) is 7.89. The first-order valence-corrected chi connectivity index (χ1v) is 8.83. The van der Waals surface area contributed by atoms with Crippen molar-refractivity contribution in [3.8, 4) is 5.75 Å². The highest BCUT2D eigenvalue weighted by Gasteiger charge is 2.32. The predicted octanol–water partition coefficient (Wildman–Crippen LogP) is 4.23. The van der Waals surface area contributed by atoms with Crippen molar-refractivity contribution in [3.05, 3.63) is 64.7 Å². The van der Waals surface area contributed by atoms with Crippen LogP contribution in [0.15, 0.2) is 48.5 Å². The summed E-state index contributed by atoms with van der Waals surface area (Å²) in [4.78, 5) is 13.7. The molecule has 1 fully saturated rings. The molecule has 0 bridgehead atoms. The Morgan fingerprint density at radius 3 is 2.64 bits per heavy atom. The fourth-order valence-electron chi connectivity index (χ4n) is 3.57. The number of halogens is 1. The number of hydrogen-bond acceptors (Lipinski definition) is 3. The van der Waals surface area contributed by atoms with Crippen molar-refractivity contribution in [2.24, 2.45) is 5.92 Å². The maximum atomic E-state index is 11.5. The second-order valence-electron chi connectivity index (χ2n) is 6.37. The number of rotatable bonds is 5. The first-order chi connectivity index (χ1) is 12.1. The van der Waals surface area contributed by atoms with Crippen LogP contribution in [-0.2, 0) is 4.79 Å². The van der Waals surface area contributed by atoms with E-state index in [1.165, 1.54) is 0 Å². The van der Waals surface area contributed by atoms with Crippen LogP contribution in [0.5, 0.6) is 5.75 Å². The number of likely N-dealkylation sites (tertiary alicyclic amines) is 1. The number of methoxy groups -OCH3 is 1. The lowest BCUT2D eigenvalue weighted by Gasteiger charge is -2.38. The molecular weight excluding hydrogens is 338 g/mol. The standard InChI is InChI=1S/C20H22ClNO3/c1-25-18-7-3-2-6-17(18)19(14-8-10-16(21)11-9-14)22-12-4-5-15(13-22)20(23)24/h2-3,6-11,15,19H,4-5,12-13H2,1H3,(H,23,24). The van der Waals surface area contributed by atoms with Crippen LogP contribution < -0.4 is 4.74 Å². The highest BCUT2D eigenvalue weighted by atomic mass is 35.5. The maximum absolute atomic E-state index is 11.5. The van der Waals surface area contributed by atoms with Gasteiger partial charge in [0.1, 0.15) is 5.75 Å². The average Bonchev–Trinajstić information content (AvgIpc) is 2.64. The minimum Gasteiger partial charge on any atom is -0.496 e. The molecule has 2 aromatic rings. The largest absolute Gasteiger partial charge is 0.496 e. The van der Waals surface area contributed by atoms with Crippen molar-refractivity contribution in [3.63, 3.8) is 0 Å². The number of carboxylic acid groups (broad SMARTS) is 1. The van der Waals surface area contributed by atoms with E-state index in [4.69, 9.17) is 16.3 Å². The van der Waals surface area contributed by atoms with E-state index in [9.17, 15) is 9.90 Å². The normalized spacial score (nSPS) is 19.4. The van der Waals surface area contributed by atoms with Crippen molar-refractivity contribution in [2.75, 3.05) is 20.2 Å². The van der Waals surface area contributed by atoms with Gasteiger partial charge in [-0.05, 0) is 43.1 Å². The van der Waals surface area contributed by atoms with Gasteiger partial charge in [0, 0.05) is 17.1 Å². The SMILES string of the molecule is COc1ccccc1C(c1ccc(Cl)cc1)N1CCCC(C(=O)O)C1. The Morgan fingerprint density at radius 2 is 1.96 bits per heavy atom. The summed E-state index contributed by atoms with van der Waals surface area (Å²) in [6, 6.07) is 15.6. The monoisotopic (exact) mass is 359 g/mol. The molecule has 3 rings (SSSR count). The van der Waals surface area contributed by atoms with Gasteiger partial charge < -0.3 is 9.84 Å². The molecule has 1 aliphatic heterocycles.